The van der Waals surface area contributed by atoms with E-state index in [1.165, 1.54) is 22.8 Å². The Balaban J connectivity index is 0.00000312. The Morgan fingerprint density at radius 2 is 1.56 bits per heavy atom. The maximum Gasteiger partial charge on any atom is 0.0539 e. The molecule has 0 aliphatic rings. The van der Waals surface area contributed by atoms with Gasteiger partial charge in [-0.25, -0.2) is 8.93 Å². The van der Waals surface area contributed by atoms with Crippen molar-refractivity contribution in [3.63, 3.8) is 0 Å². The molecule has 0 aliphatic heterocycles. The predicted octanol–water partition coefficient (Wildman–Crippen LogP) is 4.75. The first-order valence-corrected chi connectivity index (χ1v) is 11.4. The average molecular weight is 495 g/mol. The van der Waals surface area contributed by atoms with Gasteiger partial charge in [0.1, 0.15) is 0 Å². The summed E-state index contributed by atoms with van der Waals surface area (Å²) in [6, 6.07) is 12.0. The molecule has 0 amide bonds. The molecule has 0 spiro atoms. The monoisotopic (exact) mass is 494 g/mol. The van der Waals surface area contributed by atoms with E-state index in [9.17, 15) is 4.21 Å². The first-order valence-electron chi connectivity index (χ1n) is 8.55. The third-order valence-electron chi connectivity index (χ3n) is 4.15. The summed E-state index contributed by atoms with van der Waals surface area (Å²) in [6.07, 6.45) is 6.96. The summed E-state index contributed by atoms with van der Waals surface area (Å²) in [5.41, 5.74) is 5.49. The maximum absolute atomic E-state index is 13.0. The van der Waals surface area contributed by atoms with Crippen LogP contribution in [0.25, 0.3) is 10.8 Å². The van der Waals surface area contributed by atoms with Crippen LogP contribution in [-0.4, -0.2) is 23.2 Å². The van der Waals surface area contributed by atoms with Crippen molar-refractivity contribution in [1.82, 2.24) is 4.72 Å². The molecule has 0 aromatic heterocycles. The number of unbranched alkanes of at least 4 members (excludes halogenated alkanes) is 5. The molecule has 2 aromatic carbocycles. The zero-order chi connectivity index (χ0) is 17.4. The van der Waals surface area contributed by atoms with Gasteiger partial charge in [0.15, 0.2) is 0 Å². The number of benzene rings is 2. The van der Waals surface area contributed by atoms with Gasteiger partial charge in [0.25, 0.3) is 0 Å². The molecule has 0 radical (unpaired) electrons. The van der Waals surface area contributed by atoms with Gasteiger partial charge in [0.05, 0.1) is 14.6 Å². The molecule has 3 nitrogen and oxygen atoms in total. The number of fused-ring (bicyclic) bond motifs is 1. The Kier molecular flexibility index (Phi) is 10.3. The van der Waals surface area contributed by atoms with Crippen molar-refractivity contribution >= 4 is 61.3 Å². The van der Waals surface area contributed by atoms with Crippen LogP contribution in [0.1, 0.15) is 38.5 Å². The highest BCUT2D eigenvalue weighted by Crippen LogP contribution is 2.26. The smallest absolute Gasteiger partial charge is 0.0539 e. The van der Waals surface area contributed by atoms with E-state index in [4.69, 9.17) is 5.73 Å². The summed E-state index contributed by atoms with van der Waals surface area (Å²) in [5, 5.41) is 2.16. The highest BCUT2D eigenvalue weighted by molar-refractivity contribution is 14.1. The molecule has 0 saturated heterocycles. The van der Waals surface area contributed by atoms with Crippen LogP contribution >= 0.6 is 35.0 Å². The van der Waals surface area contributed by atoms with Gasteiger partial charge in [-0.3, -0.25) is 0 Å². The summed E-state index contributed by atoms with van der Waals surface area (Å²) < 4.78 is 17.4. The van der Waals surface area contributed by atoms with Gasteiger partial charge < -0.3 is 5.73 Å². The second-order valence-electron chi connectivity index (χ2n) is 6.07. The lowest BCUT2D eigenvalue weighted by Gasteiger charge is -2.14. The highest BCUT2D eigenvalue weighted by atomic mass is 127. The molecule has 6 heteroatoms. The molecule has 0 saturated carbocycles. The third-order valence-corrected chi connectivity index (χ3v) is 6.83. The van der Waals surface area contributed by atoms with Crippen LogP contribution < -0.4 is 10.5 Å². The van der Waals surface area contributed by atoms with Crippen LogP contribution in [0.2, 0.25) is 0 Å². The fourth-order valence-electron chi connectivity index (χ4n) is 2.82. The van der Waals surface area contributed by atoms with E-state index in [1.54, 1.807) is 0 Å². The van der Waals surface area contributed by atoms with E-state index >= 15 is 0 Å². The van der Waals surface area contributed by atoms with Crippen LogP contribution in [0, 0.1) is 3.57 Å². The first kappa shape index (κ1) is 22.7. The van der Waals surface area contributed by atoms with E-state index in [2.05, 4.69) is 45.3 Å². The van der Waals surface area contributed by atoms with Gasteiger partial charge in [-0.15, -0.1) is 12.4 Å². The lowest BCUT2D eigenvalue weighted by atomic mass is 10.1. The maximum atomic E-state index is 13.0. The number of nitrogens with two attached hydrogens (primary N) is 1. The predicted molar refractivity (Wildman–Crippen MR) is 122 cm³/mol. The van der Waals surface area contributed by atoms with E-state index < -0.39 is 9.71 Å². The van der Waals surface area contributed by atoms with Crippen molar-refractivity contribution in [2.24, 2.45) is 5.73 Å². The van der Waals surface area contributed by atoms with E-state index in [1.807, 2.05) is 24.3 Å². The molecule has 2 rings (SSSR count). The zero-order valence-corrected chi connectivity index (χ0v) is 18.3. The van der Waals surface area contributed by atoms with Gasteiger partial charge in [0.2, 0.25) is 0 Å². The molecule has 140 valence electrons. The minimum atomic E-state index is -2.47. The summed E-state index contributed by atoms with van der Waals surface area (Å²) in [7, 11) is -2.47. The molecule has 1 atom stereocenters. The lowest BCUT2D eigenvalue weighted by molar-refractivity contribution is 0.592. The van der Waals surface area contributed by atoms with Crippen molar-refractivity contribution in [3.8, 4) is 0 Å². The van der Waals surface area contributed by atoms with Crippen molar-refractivity contribution in [2.75, 3.05) is 13.1 Å². The Labute approximate surface area is 171 Å². The normalized spacial score (nSPS) is 13.4. The van der Waals surface area contributed by atoms with Gasteiger partial charge in [-0.1, -0.05) is 49.9 Å². The molecule has 3 N–H and O–H groups in total. The standard InChI is InChI=1S/C19H27IN2OS.ClH/c1-24(23,22-15-7-5-3-2-4-6-14-21)19-13-9-10-16-17(19)11-8-12-18(16)20;/h8-13H,1-7,14-15,21H2,(H,22,23);1H. The number of nitrogens with one attached hydrogen (secondary N) is 1. The van der Waals surface area contributed by atoms with Crippen molar-refractivity contribution in [2.45, 2.75) is 43.4 Å². The van der Waals surface area contributed by atoms with Crippen LogP contribution in [0.4, 0.5) is 0 Å². The topological polar surface area (TPSA) is 55.1 Å². The highest BCUT2D eigenvalue weighted by Gasteiger charge is 2.11. The van der Waals surface area contributed by atoms with Crippen molar-refractivity contribution in [3.05, 3.63) is 40.0 Å². The summed E-state index contributed by atoms with van der Waals surface area (Å²) in [6.45, 7) is 1.52. The molecule has 0 aliphatic carbocycles. The SMILES string of the molecule is C=S(=O)(NCCCCCCCCN)c1cccc2c(I)cccc12.Cl. The number of halogens is 2. The first-order chi connectivity index (χ1) is 11.6. The van der Waals surface area contributed by atoms with E-state index in [0.717, 1.165) is 48.0 Å². The minimum absolute atomic E-state index is 0. The largest absolute Gasteiger partial charge is 0.330 e. The third kappa shape index (κ3) is 6.71. The lowest BCUT2D eigenvalue weighted by Crippen LogP contribution is -2.24. The average Bonchev–Trinajstić information content (AvgIpc) is 2.57. The van der Waals surface area contributed by atoms with Crippen molar-refractivity contribution < 1.29 is 4.21 Å². The fraction of sp³-hybridized carbons (Fsp3) is 0.421. The van der Waals surface area contributed by atoms with Gasteiger partial charge in [-0.05, 0) is 70.8 Å². The Morgan fingerprint density at radius 3 is 2.28 bits per heavy atom. The van der Waals surface area contributed by atoms with Crippen molar-refractivity contribution in [1.29, 1.82) is 0 Å². The molecule has 0 fully saturated rings. The quantitative estimate of drug-likeness (QED) is 0.285. The van der Waals surface area contributed by atoms with E-state index in [0.29, 0.717) is 0 Å². The van der Waals surface area contributed by atoms with Gasteiger partial charge in [0, 0.05) is 10.1 Å². The Bertz CT molecular complexity index is 765. The summed E-state index contributed by atoms with van der Waals surface area (Å²) in [4.78, 5) is 0.807. The minimum Gasteiger partial charge on any atom is -0.330 e. The van der Waals surface area contributed by atoms with Crippen LogP contribution in [0.5, 0.6) is 0 Å². The molecule has 0 heterocycles. The summed E-state index contributed by atoms with van der Waals surface area (Å²) in [5.74, 6) is 3.98. The van der Waals surface area contributed by atoms with Gasteiger partial charge >= 0.3 is 0 Å². The summed E-state index contributed by atoms with van der Waals surface area (Å²) >= 11 is 2.31. The fourth-order valence-corrected chi connectivity index (χ4v) is 4.96. The number of hydrogen-bond acceptors (Lipinski definition) is 2. The molecule has 2 aromatic rings. The van der Waals surface area contributed by atoms with Crippen LogP contribution in [0.3, 0.4) is 0 Å². The molecular formula is C19H28ClIN2OS. The molecule has 1 unspecified atom stereocenters. The Morgan fingerprint density at radius 1 is 0.960 bits per heavy atom. The number of hydrogen-bond donors (Lipinski definition) is 2. The molecule has 25 heavy (non-hydrogen) atoms. The molecule has 0 bridgehead atoms. The molecular weight excluding hydrogens is 467 g/mol. The van der Waals surface area contributed by atoms with Crippen LogP contribution in [0.15, 0.2) is 41.3 Å². The number of rotatable bonds is 10. The van der Waals surface area contributed by atoms with Gasteiger partial charge in [-0.2, -0.15) is 0 Å². The van der Waals surface area contributed by atoms with Crippen LogP contribution in [-0.2, 0) is 9.71 Å². The Hall–Kier alpha value is -0.340. The second-order valence-corrected chi connectivity index (χ2v) is 9.31. The second kappa shape index (κ2) is 11.4. The van der Waals surface area contributed by atoms with E-state index in [-0.39, 0.29) is 12.4 Å². The zero-order valence-electron chi connectivity index (χ0n) is 14.5.